The van der Waals surface area contributed by atoms with Crippen molar-refractivity contribution in [2.45, 2.75) is 19.9 Å². The summed E-state index contributed by atoms with van der Waals surface area (Å²) in [6.07, 6.45) is 0. The number of nitrogens with one attached hydrogen (secondary N) is 1. The fraction of sp³-hybridized carbons (Fsp3) is 0.571. The molecule has 1 aromatic carbocycles. The minimum absolute atomic E-state index is 0.197. The third-order valence-corrected chi connectivity index (χ3v) is 2.65. The average Bonchev–Trinajstić information content (AvgIpc) is 2.43. The van der Waals surface area contributed by atoms with Crippen LogP contribution in [0.25, 0.3) is 0 Å². The first kappa shape index (κ1) is 15.4. The van der Waals surface area contributed by atoms with Crippen molar-refractivity contribution in [3.05, 3.63) is 12.1 Å². The zero-order valence-corrected chi connectivity index (χ0v) is 12.3. The van der Waals surface area contributed by atoms with Crippen molar-refractivity contribution >= 4 is 5.69 Å². The summed E-state index contributed by atoms with van der Waals surface area (Å²) in [6.45, 7) is 5.39. The fourth-order valence-corrected chi connectivity index (χ4v) is 1.79. The number of hydrogen-bond acceptors (Lipinski definition) is 5. The number of hydrogen-bond donors (Lipinski definition) is 1. The number of methoxy groups -OCH3 is 3. The maximum absolute atomic E-state index is 5.38. The van der Waals surface area contributed by atoms with E-state index in [9.17, 15) is 0 Å². The standard InChI is InChI=1S/C14H23NO4/c1-6-19-9-10(2)15-11-7-12(16-3)14(18-5)13(8-11)17-4/h7-8,10,15H,6,9H2,1-5H3. The lowest BCUT2D eigenvalue weighted by atomic mass is 10.2. The molecule has 0 radical (unpaired) electrons. The van der Waals surface area contributed by atoms with E-state index in [4.69, 9.17) is 18.9 Å². The van der Waals surface area contributed by atoms with Crippen LogP contribution in [0.15, 0.2) is 12.1 Å². The first-order valence-corrected chi connectivity index (χ1v) is 6.30. The highest BCUT2D eigenvalue weighted by molar-refractivity contribution is 5.62. The molecule has 0 aliphatic heterocycles. The van der Waals surface area contributed by atoms with Gasteiger partial charge in [-0.3, -0.25) is 0 Å². The normalized spacial score (nSPS) is 11.8. The molecular formula is C14H23NO4. The molecule has 1 rings (SSSR count). The molecule has 0 fully saturated rings. The monoisotopic (exact) mass is 269 g/mol. The predicted molar refractivity (Wildman–Crippen MR) is 75.7 cm³/mol. The van der Waals surface area contributed by atoms with Crippen molar-refractivity contribution in [3.63, 3.8) is 0 Å². The molecule has 0 aliphatic rings. The van der Waals surface area contributed by atoms with E-state index >= 15 is 0 Å². The second-order valence-corrected chi connectivity index (χ2v) is 4.12. The summed E-state index contributed by atoms with van der Waals surface area (Å²) >= 11 is 0. The molecule has 0 amide bonds. The Kier molecular flexibility index (Phi) is 6.29. The van der Waals surface area contributed by atoms with Crippen LogP contribution in [0.1, 0.15) is 13.8 Å². The molecule has 0 aliphatic carbocycles. The average molecular weight is 269 g/mol. The molecule has 0 spiro atoms. The van der Waals surface area contributed by atoms with Gasteiger partial charge in [0.05, 0.1) is 27.9 Å². The zero-order chi connectivity index (χ0) is 14.3. The van der Waals surface area contributed by atoms with E-state index in [0.29, 0.717) is 30.5 Å². The number of ether oxygens (including phenoxy) is 4. The molecule has 0 saturated heterocycles. The van der Waals surface area contributed by atoms with Crippen LogP contribution in [0, 0.1) is 0 Å². The van der Waals surface area contributed by atoms with Gasteiger partial charge in [0.1, 0.15) is 0 Å². The van der Waals surface area contributed by atoms with Crippen LogP contribution in [0.4, 0.5) is 5.69 Å². The molecule has 19 heavy (non-hydrogen) atoms. The Bertz CT molecular complexity index is 370. The molecule has 1 atom stereocenters. The van der Waals surface area contributed by atoms with E-state index in [1.807, 2.05) is 19.1 Å². The molecule has 5 heteroatoms. The van der Waals surface area contributed by atoms with Gasteiger partial charge in [-0.25, -0.2) is 0 Å². The summed E-state index contributed by atoms with van der Waals surface area (Å²) in [5.74, 6) is 1.86. The van der Waals surface area contributed by atoms with Crippen LogP contribution in [0.5, 0.6) is 17.2 Å². The molecule has 1 aromatic rings. The summed E-state index contributed by atoms with van der Waals surface area (Å²) in [5.41, 5.74) is 0.904. The van der Waals surface area contributed by atoms with Crippen LogP contribution in [-0.4, -0.2) is 40.6 Å². The number of anilines is 1. The van der Waals surface area contributed by atoms with Gasteiger partial charge >= 0.3 is 0 Å². The van der Waals surface area contributed by atoms with Crippen LogP contribution >= 0.6 is 0 Å². The summed E-state index contributed by atoms with van der Waals surface area (Å²) in [4.78, 5) is 0. The lowest BCUT2D eigenvalue weighted by Crippen LogP contribution is -2.21. The van der Waals surface area contributed by atoms with Gasteiger partial charge in [-0.1, -0.05) is 0 Å². The SMILES string of the molecule is CCOCC(C)Nc1cc(OC)c(OC)c(OC)c1. The highest BCUT2D eigenvalue weighted by Gasteiger charge is 2.14. The van der Waals surface area contributed by atoms with Crippen molar-refractivity contribution in [1.29, 1.82) is 0 Å². The molecule has 0 bridgehead atoms. The van der Waals surface area contributed by atoms with E-state index < -0.39 is 0 Å². The molecule has 0 aromatic heterocycles. The van der Waals surface area contributed by atoms with E-state index in [-0.39, 0.29) is 6.04 Å². The van der Waals surface area contributed by atoms with E-state index in [1.165, 1.54) is 0 Å². The van der Waals surface area contributed by atoms with Crippen LogP contribution < -0.4 is 19.5 Å². The smallest absolute Gasteiger partial charge is 0.203 e. The van der Waals surface area contributed by atoms with Crippen molar-refractivity contribution in [2.75, 3.05) is 39.9 Å². The molecule has 1 unspecified atom stereocenters. The Morgan fingerprint density at radius 2 is 1.63 bits per heavy atom. The second kappa shape index (κ2) is 7.74. The third kappa shape index (κ3) is 4.21. The predicted octanol–water partition coefficient (Wildman–Crippen LogP) is 2.55. The number of benzene rings is 1. The van der Waals surface area contributed by atoms with Crippen molar-refractivity contribution < 1.29 is 18.9 Å². The van der Waals surface area contributed by atoms with Gasteiger partial charge in [0.15, 0.2) is 11.5 Å². The summed E-state index contributed by atoms with van der Waals surface area (Å²) < 4.78 is 21.3. The molecule has 0 saturated carbocycles. The fourth-order valence-electron chi connectivity index (χ4n) is 1.79. The van der Waals surface area contributed by atoms with Crippen molar-refractivity contribution in [1.82, 2.24) is 0 Å². The molecule has 0 heterocycles. The second-order valence-electron chi connectivity index (χ2n) is 4.12. The summed E-state index contributed by atoms with van der Waals surface area (Å²) in [5, 5.41) is 3.34. The zero-order valence-electron chi connectivity index (χ0n) is 12.3. The highest BCUT2D eigenvalue weighted by Crippen LogP contribution is 2.40. The lowest BCUT2D eigenvalue weighted by molar-refractivity contribution is 0.141. The summed E-state index contributed by atoms with van der Waals surface area (Å²) in [7, 11) is 4.79. The highest BCUT2D eigenvalue weighted by atomic mass is 16.5. The van der Waals surface area contributed by atoms with Gasteiger partial charge in [0, 0.05) is 30.5 Å². The quantitative estimate of drug-likeness (QED) is 0.786. The Labute approximate surface area is 114 Å². The van der Waals surface area contributed by atoms with Crippen LogP contribution in [-0.2, 0) is 4.74 Å². The lowest BCUT2D eigenvalue weighted by Gasteiger charge is -2.18. The first-order valence-electron chi connectivity index (χ1n) is 6.30. The molecule has 5 nitrogen and oxygen atoms in total. The van der Waals surface area contributed by atoms with Gasteiger partial charge in [-0.15, -0.1) is 0 Å². The van der Waals surface area contributed by atoms with Crippen molar-refractivity contribution in [2.24, 2.45) is 0 Å². The third-order valence-electron chi connectivity index (χ3n) is 2.65. The molecule has 1 N–H and O–H groups in total. The Balaban J connectivity index is 2.90. The van der Waals surface area contributed by atoms with Crippen LogP contribution in [0.3, 0.4) is 0 Å². The molecular weight excluding hydrogens is 246 g/mol. The maximum atomic E-state index is 5.38. The Morgan fingerprint density at radius 1 is 1.05 bits per heavy atom. The van der Waals surface area contributed by atoms with Gasteiger partial charge in [-0.05, 0) is 13.8 Å². The Morgan fingerprint density at radius 3 is 2.05 bits per heavy atom. The van der Waals surface area contributed by atoms with Gasteiger partial charge in [0.25, 0.3) is 0 Å². The van der Waals surface area contributed by atoms with Crippen LogP contribution in [0.2, 0.25) is 0 Å². The number of rotatable bonds is 8. The summed E-state index contributed by atoms with van der Waals surface area (Å²) in [6, 6.07) is 3.95. The minimum atomic E-state index is 0.197. The minimum Gasteiger partial charge on any atom is -0.493 e. The Hall–Kier alpha value is -1.62. The van der Waals surface area contributed by atoms with Gasteiger partial charge < -0.3 is 24.3 Å². The van der Waals surface area contributed by atoms with E-state index in [1.54, 1.807) is 21.3 Å². The van der Waals surface area contributed by atoms with E-state index in [0.717, 1.165) is 5.69 Å². The first-order chi connectivity index (χ1) is 9.15. The van der Waals surface area contributed by atoms with Crippen molar-refractivity contribution in [3.8, 4) is 17.2 Å². The van der Waals surface area contributed by atoms with E-state index in [2.05, 4.69) is 12.2 Å². The van der Waals surface area contributed by atoms with Gasteiger partial charge in [-0.2, -0.15) is 0 Å². The topological polar surface area (TPSA) is 49.0 Å². The van der Waals surface area contributed by atoms with Gasteiger partial charge in [0.2, 0.25) is 5.75 Å². The maximum Gasteiger partial charge on any atom is 0.203 e. The largest absolute Gasteiger partial charge is 0.493 e. The molecule has 108 valence electrons.